The van der Waals surface area contributed by atoms with Crippen molar-refractivity contribution in [3.05, 3.63) is 34.9 Å². The topological polar surface area (TPSA) is 48.4 Å². The average molecular weight is 249 g/mol. The Balaban J connectivity index is 2.11. The van der Waals surface area contributed by atoms with Gasteiger partial charge in [0.2, 0.25) is 0 Å². The lowest BCUT2D eigenvalue weighted by Crippen LogP contribution is -2.15. The third-order valence-corrected chi connectivity index (χ3v) is 3.49. The summed E-state index contributed by atoms with van der Waals surface area (Å²) in [4.78, 5) is 0. The molecule has 17 heavy (non-hydrogen) atoms. The van der Waals surface area contributed by atoms with Crippen molar-refractivity contribution >= 4 is 18.8 Å². The van der Waals surface area contributed by atoms with Crippen LogP contribution in [0, 0.1) is 0 Å². The zero-order chi connectivity index (χ0) is 12.1. The Morgan fingerprint density at radius 1 is 1.53 bits per heavy atom. The summed E-state index contributed by atoms with van der Waals surface area (Å²) in [6, 6.07) is 4.19. The van der Waals surface area contributed by atoms with Crippen molar-refractivity contribution in [2.45, 2.75) is 19.2 Å². The van der Waals surface area contributed by atoms with Crippen LogP contribution in [-0.2, 0) is 4.65 Å². The number of rotatable bonds is 6. The molecular weight excluding hydrogens is 233 g/mol. The van der Waals surface area contributed by atoms with Gasteiger partial charge in [-0.15, -0.1) is 0 Å². The molecule has 0 spiro atoms. The first-order chi connectivity index (χ1) is 8.35. The molecule has 2 rings (SSSR count). The van der Waals surface area contributed by atoms with Gasteiger partial charge in [-0.25, -0.2) is 0 Å². The summed E-state index contributed by atoms with van der Waals surface area (Å²) < 4.78 is 10.9. The molecule has 2 N–H and O–H groups in total. The van der Waals surface area contributed by atoms with Crippen LogP contribution in [0.4, 0.5) is 0 Å². The van der Waals surface area contributed by atoms with E-state index >= 15 is 0 Å². The Morgan fingerprint density at radius 2 is 2.41 bits per heavy atom. The summed E-state index contributed by atoms with van der Waals surface area (Å²) >= 11 is 1.69. The molecule has 0 aliphatic carbocycles. The van der Waals surface area contributed by atoms with Gasteiger partial charge in [-0.1, -0.05) is 13.3 Å². The van der Waals surface area contributed by atoms with E-state index in [-0.39, 0.29) is 12.5 Å². The highest BCUT2D eigenvalue weighted by Gasteiger charge is 2.16. The van der Waals surface area contributed by atoms with E-state index in [4.69, 9.17) is 14.8 Å². The second kappa shape index (κ2) is 6.05. The van der Waals surface area contributed by atoms with E-state index in [0.29, 0.717) is 7.48 Å². The third kappa shape index (κ3) is 3.00. The maximum Gasteiger partial charge on any atom is 0.287 e. The van der Waals surface area contributed by atoms with Crippen LogP contribution >= 0.6 is 11.3 Å². The maximum absolute atomic E-state index is 5.62. The number of thiophene rings is 1. The molecule has 2 heterocycles. The maximum atomic E-state index is 5.62. The van der Waals surface area contributed by atoms with Gasteiger partial charge in [0, 0.05) is 11.4 Å². The minimum atomic E-state index is 0.259. The van der Waals surface area contributed by atoms with Crippen LogP contribution in [0.25, 0.3) is 11.1 Å². The van der Waals surface area contributed by atoms with Crippen LogP contribution < -0.4 is 5.73 Å². The highest BCUT2D eigenvalue weighted by Crippen LogP contribution is 2.28. The minimum Gasteiger partial charge on any atom is -0.469 e. The smallest absolute Gasteiger partial charge is 0.287 e. The van der Waals surface area contributed by atoms with Gasteiger partial charge in [-0.2, -0.15) is 11.3 Å². The van der Waals surface area contributed by atoms with Gasteiger partial charge in [0.05, 0.1) is 13.0 Å². The predicted molar refractivity (Wildman–Crippen MR) is 72.3 cm³/mol. The van der Waals surface area contributed by atoms with E-state index in [0.717, 1.165) is 17.7 Å². The molecule has 0 aliphatic rings. The van der Waals surface area contributed by atoms with Gasteiger partial charge in [0.1, 0.15) is 5.76 Å². The zero-order valence-electron chi connectivity index (χ0n) is 9.89. The Bertz CT molecular complexity index is 441. The SMILES string of the molecule is CCC(BOCN)c1cc(-c2ccsc2)co1. The molecule has 0 aliphatic heterocycles. The molecule has 0 fully saturated rings. The molecule has 5 heteroatoms. The molecule has 0 bridgehead atoms. The monoisotopic (exact) mass is 249 g/mol. The Labute approximate surface area is 106 Å². The van der Waals surface area contributed by atoms with Crippen LogP contribution in [0.15, 0.2) is 33.6 Å². The first-order valence-corrected chi connectivity index (χ1v) is 6.68. The molecule has 0 saturated heterocycles. The van der Waals surface area contributed by atoms with E-state index in [9.17, 15) is 0 Å². The summed E-state index contributed by atoms with van der Waals surface area (Å²) in [5.41, 5.74) is 7.68. The van der Waals surface area contributed by atoms with E-state index in [1.54, 1.807) is 11.3 Å². The van der Waals surface area contributed by atoms with Gasteiger partial charge < -0.3 is 14.8 Å². The van der Waals surface area contributed by atoms with E-state index in [1.165, 1.54) is 5.56 Å². The van der Waals surface area contributed by atoms with E-state index in [2.05, 4.69) is 29.8 Å². The van der Waals surface area contributed by atoms with Crippen LogP contribution in [0.3, 0.4) is 0 Å². The molecular formula is C12H16BNO2S. The molecule has 0 radical (unpaired) electrons. The Hall–Kier alpha value is -1.04. The van der Waals surface area contributed by atoms with E-state index < -0.39 is 0 Å². The van der Waals surface area contributed by atoms with Crippen molar-refractivity contribution in [1.29, 1.82) is 0 Å². The first kappa shape index (κ1) is 12.4. The molecule has 0 aromatic carbocycles. The number of nitrogens with two attached hydrogens (primary N) is 1. The van der Waals surface area contributed by atoms with E-state index in [1.807, 2.05) is 6.26 Å². The van der Waals surface area contributed by atoms with Crippen LogP contribution in [0.5, 0.6) is 0 Å². The standard InChI is InChI=1S/C12H16BNO2S/c1-2-11(13-16-8-14)12-5-10(6-15-12)9-3-4-17-7-9/h3-7,11,13H,2,8,14H2,1H3. The van der Waals surface area contributed by atoms with Crippen molar-refractivity contribution < 1.29 is 9.07 Å². The minimum absolute atomic E-state index is 0.259. The first-order valence-electron chi connectivity index (χ1n) is 5.74. The molecule has 0 saturated carbocycles. The number of hydrogen-bond acceptors (Lipinski definition) is 4. The fourth-order valence-corrected chi connectivity index (χ4v) is 2.42. The quantitative estimate of drug-likeness (QED) is 0.632. The number of furan rings is 1. The second-order valence-corrected chi connectivity index (χ2v) is 4.67. The fourth-order valence-electron chi connectivity index (χ4n) is 1.76. The van der Waals surface area contributed by atoms with Crippen molar-refractivity contribution in [2.75, 3.05) is 6.73 Å². The summed E-state index contributed by atoms with van der Waals surface area (Å²) in [6.07, 6.45) is 2.79. The third-order valence-electron chi connectivity index (χ3n) is 2.81. The predicted octanol–water partition coefficient (Wildman–Crippen LogP) is 2.74. The summed E-state index contributed by atoms with van der Waals surface area (Å²) in [6.45, 7) is 2.38. The van der Waals surface area contributed by atoms with Crippen LogP contribution in [-0.4, -0.2) is 14.2 Å². The fraction of sp³-hybridized carbons (Fsp3) is 0.333. The molecule has 1 unspecified atom stereocenters. The Morgan fingerprint density at radius 3 is 3.06 bits per heavy atom. The molecule has 90 valence electrons. The largest absolute Gasteiger partial charge is 0.469 e. The van der Waals surface area contributed by atoms with Crippen molar-refractivity contribution in [2.24, 2.45) is 5.73 Å². The van der Waals surface area contributed by atoms with Crippen molar-refractivity contribution in [3.63, 3.8) is 0 Å². The summed E-state index contributed by atoms with van der Waals surface area (Å²) in [5, 5.41) is 4.18. The Kier molecular flexibility index (Phi) is 4.42. The molecule has 3 nitrogen and oxygen atoms in total. The average Bonchev–Trinajstić information content (AvgIpc) is 3.00. The zero-order valence-corrected chi connectivity index (χ0v) is 10.7. The van der Waals surface area contributed by atoms with Gasteiger partial charge in [0.25, 0.3) is 7.48 Å². The van der Waals surface area contributed by atoms with Gasteiger partial charge in [-0.3, -0.25) is 0 Å². The van der Waals surface area contributed by atoms with Crippen LogP contribution in [0.2, 0.25) is 0 Å². The van der Waals surface area contributed by atoms with Crippen molar-refractivity contribution in [3.8, 4) is 11.1 Å². The molecule has 0 amide bonds. The lowest BCUT2D eigenvalue weighted by Gasteiger charge is -2.09. The lowest BCUT2D eigenvalue weighted by atomic mass is 9.76. The normalized spacial score (nSPS) is 12.6. The second-order valence-electron chi connectivity index (χ2n) is 3.89. The van der Waals surface area contributed by atoms with Gasteiger partial charge in [-0.05, 0) is 28.5 Å². The van der Waals surface area contributed by atoms with Gasteiger partial charge >= 0.3 is 0 Å². The molecule has 2 aromatic rings. The summed E-state index contributed by atoms with van der Waals surface area (Å²) in [5.74, 6) is 1.26. The lowest BCUT2D eigenvalue weighted by molar-refractivity contribution is 0.336. The highest BCUT2D eigenvalue weighted by molar-refractivity contribution is 7.08. The highest BCUT2D eigenvalue weighted by atomic mass is 32.1. The summed E-state index contributed by atoms with van der Waals surface area (Å²) in [7, 11) is 0.615. The van der Waals surface area contributed by atoms with Crippen LogP contribution in [0.1, 0.15) is 24.9 Å². The van der Waals surface area contributed by atoms with Gasteiger partial charge in [0.15, 0.2) is 0 Å². The molecule has 2 aromatic heterocycles. The molecule has 1 atom stereocenters. The van der Waals surface area contributed by atoms with Crippen molar-refractivity contribution in [1.82, 2.24) is 0 Å². The number of hydrogen-bond donors (Lipinski definition) is 1.